The molecule has 3 aromatic rings. The molecule has 1 aliphatic rings. The number of aliphatic hydroxyl groups excluding tert-OH is 1. The minimum Gasteiger partial charge on any atom is -0.509 e. The van der Waals surface area contributed by atoms with Crippen molar-refractivity contribution in [2.45, 2.75) is 33.2 Å². The van der Waals surface area contributed by atoms with E-state index in [0.29, 0.717) is 11.4 Å². The summed E-state index contributed by atoms with van der Waals surface area (Å²) in [6.07, 6.45) is 0. The van der Waals surface area contributed by atoms with Crippen LogP contribution in [0.4, 0.5) is 5.69 Å². The van der Waals surface area contributed by atoms with Crippen molar-refractivity contribution >= 4 is 28.1 Å². The van der Waals surface area contributed by atoms with Crippen LogP contribution in [0.15, 0.2) is 48.2 Å². The van der Waals surface area contributed by atoms with E-state index in [0.717, 1.165) is 27.8 Å². The van der Waals surface area contributed by atoms with E-state index >= 15 is 0 Å². The van der Waals surface area contributed by atoms with Crippen molar-refractivity contribution in [2.24, 2.45) is 0 Å². The van der Waals surface area contributed by atoms with Gasteiger partial charge in [-0.25, -0.2) is 4.98 Å². The van der Waals surface area contributed by atoms with Gasteiger partial charge in [-0.05, 0) is 63.1 Å². The Kier molecular flexibility index (Phi) is 3.44. The molecular weight excluding hydrogens is 324 g/mol. The lowest BCUT2D eigenvalue weighted by molar-refractivity contribution is 0.333. The molecule has 0 saturated heterocycles. The van der Waals surface area contributed by atoms with Crippen molar-refractivity contribution in [2.75, 3.05) is 4.90 Å². The fourth-order valence-electron chi connectivity index (χ4n) is 3.74. The Balaban J connectivity index is 1.86. The van der Waals surface area contributed by atoms with Crippen molar-refractivity contribution in [3.8, 4) is 0 Å². The number of nitrogens with one attached hydrogen (secondary N) is 2. The van der Waals surface area contributed by atoms with Crippen molar-refractivity contribution in [1.29, 1.82) is 5.41 Å². The highest BCUT2D eigenvalue weighted by Gasteiger charge is 2.45. The summed E-state index contributed by atoms with van der Waals surface area (Å²) >= 11 is 0. The van der Waals surface area contributed by atoms with Gasteiger partial charge in [0.25, 0.3) is 0 Å². The Hall–Kier alpha value is -3.08. The van der Waals surface area contributed by atoms with E-state index in [1.165, 1.54) is 0 Å². The topological polar surface area (TPSA) is 76.0 Å². The zero-order chi connectivity index (χ0) is 18.6. The first-order valence-electron chi connectivity index (χ1n) is 8.65. The summed E-state index contributed by atoms with van der Waals surface area (Å²) in [5, 5.41) is 19.8. The van der Waals surface area contributed by atoms with Crippen LogP contribution in [0, 0.1) is 19.3 Å². The molecule has 132 valence electrons. The minimum absolute atomic E-state index is 0.153. The van der Waals surface area contributed by atoms with Gasteiger partial charge in [-0.3, -0.25) is 5.41 Å². The Morgan fingerprint density at radius 2 is 1.73 bits per heavy atom. The van der Waals surface area contributed by atoms with Crippen LogP contribution in [0.1, 0.15) is 30.8 Å². The molecule has 1 aromatic heterocycles. The molecule has 0 bridgehead atoms. The average molecular weight is 346 g/mol. The van der Waals surface area contributed by atoms with Gasteiger partial charge >= 0.3 is 0 Å². The number of hydrogen-bond acceptors (Lipinski definition) is 3. The van der Waals surface area contributed by atoms with Gasteiger partial charge in [0, 0.05) is 5.69 Å². The SMILES string of the molecule is Cc1cc(C)cc(N2C(=N)C(c3nc4ccccc4[nH]3)=C(O)C2(C)C)c1. The molecule has 0 unspecified atom stereocenters. The van der Waals surface area contributed by atoms with Gasteiger partial charge in [-0.2, -0.15) is 0 Å². The molecule has 3 N–H and O–H groups in total. The van der Waals surface area contributed by atoms with Crippen LogP contribution in [0.3, 0.4) is 0 Å². The van der Waals surface area contributed by atoms with Gasteiger partial charge in [-0.15, -0.1) is 0 Å². The average Bonchev–Trinajstić information content (AvgIpc) is 3.03. The summed E-state index contributed by atoms with van der Waals surface area (Å²) in [5.41, 5.74) is 4.57. The molecule has 1 aliphatic heterocycles. The molecule has 26 heavy (non-hydrogen) atoms. The summed E-state index contributed by atoms with van der Waals surface area (Å²) in [4.78, 5) is 9.68. The number of aryl methyl sites for hydroxylation is 2. The molecule has 4 rings (SSSR count). The van der Waals surface area contributed by atoms with Gasteiger partial charge in [0.1, 0.15) is 17.4 Å². The number of fused-ring (bicyclic) bond motifs is 1. The molecule has 0 aliphatic carbocycles. The summed E-state index contributed by atoms with van der Waals surface area (Å²) in [7, 11) is 0. The maximum atomic E-state index is 11.0. The quantitative estimate of drug-likeness (QED) is 0.628. The van der Waals surface area contributed by atoms with Crippen LogP contribution in [0.2, 0.25) is 0 Å². The van der Waals surface area contributed by atoms with Gasteiger partial charge < -0.3 is 15.0 Å². The Bertz CT molecular complexity index is 1020. The molecule has 2 heterocycles. The van der Waals surface area contributed by atoms with E-state index < -0.39 is 5.54 Å². The Morgan fingerprint density at radius 1 is 1.08 bits per heavy atom. The third-order valence-corrected chi connectivity index (χ3v) is 4.93. The highest BCUT2D eigenvalue weighted by Crippen LogP contribution is 2.41. The molecule has 0 fully saturated rings. The number of rotatable bonds is 2. The summed E-state index contributed by atoms with van der Waals surface area (Å²) < 4.78 is 0. The normalized spacial score (nSPS) is 16.8. The molecule has 0 spiro atoms. The van der Waals surface area contributed by atoms with Crippen molar-refractivity contribution in [3.63, 3.8) is 0 Å². The van der Waals surface area contributed by atoms with Crippen LogP contribution >= 0.6 is 0 Å². The lowest BCUT2D eigenvalue weighted by atomic mass is 10.0. The number of imidazole rings is 1. The van der Waals surface area contributed by atoms with Crippen LogP contribution in [-0.2, 0) is 0 Å². The number of aromatic nitrogens is 2. The highest BCUT2D eigenvalue weighted by atomic mass is 16.3. The first-order valence-corrected chi connectivity index (χ1v) is 8.65. The van der Waals surface area contributed by atoms with Crippen LogP contribution < -0.4 is 4.90 Å². The largest absolute Gasteiger partial charge is 0.509 e. The predicted octanol–water partition coefficient (Wildman–Crippen LogP) is 4.72. The third-order valence-electron chi connectivity index (χ3n) is 4.93. The molecule has 0 saturated carbocycles. The molecule has 0 radical (unpaired) electrons. The second kappa shape index (κ2) is 5.46. The van der Waals surface area contributed by atoms with E-state index in [1.54, 1.807) is 0 Å². The monoisotopic (exact) mass is 346 g/mol. The van der Waals surface area contributed by atoms with Crippen LogP contribution in [-0.4, -0.2) is 26.4 Å². The molecule has 2 aromatic carbocycles. The van der Waals surface area contributed by atoms with E-state index in [1.807, 2.05) is 69.0 Å². The lowest BCUT2D eigenvalue weighted by Crippen LogP contribution is -2.43. The fraction of sp³-hybridized carbons (Fsp3) is 0.238. The molecule has 5 heteroatoms. The number of aromatic amines is 1. The number of benzene rings is 2. The lowest BCUT2D eigenvalue weighted by Gasteiger charge is -2.34. The first-order chi connectivity index (χ1) is 12.3. The number of para-hydroxylation sites is 2. The number of nitrogens with zero attached hydrogens (tertiary/aromatic N) is 2. The summed E-state index contributed by atoms with van der Waals surface area (Å²) in [6.45, 7) is 7.92. The first kappa shape index (κ1) is 16.4. The molecule has 0 atom stereocenters. The second-order valence-corrected chi connectivity index (χ2v) is 7.42. The molecule has 5 nitrogen and oxygen atoms in total. The van der Waals surface area contributed by atoms with Gasteiger partial charge in [0.15, 0.2) is 0 Å². The standard InChI is InChI=1S/C21H22N4O/c1-12-9-13(2)11-14(10-12)25-19(22)17(18(26)21(25,3)4)20-23-15-7-5-6-8-16(15)24-20/h5-11,22,26H,1-4H3,(H,23,24). The zero-order valence-electron chi connectivity index (χ0n) is 15.4. The fourth-order valence-corrected chi connectivity index (χ4v) is 3.74. The molecule has 0 amide bonds. The van der Waals surface area contributed by atoms with Crippen molar-refractivity contribution < 1.29 is 5.11 Å². The minimum atomic E-state index is -0.731. The van der Waals surface area contributed by atoms with Gasteiger partial charge in [0.05, 0.1) is 22.1 Å². The van der Waals surface area contributed by atoms with E-state index in [2.05, 4.69) is 16.0 Å². The van der Waals surface area contributed by atoms with E-state index in [-0.39, 0.29) is 11.6 Å². The Labute approximate surface area is 152 Å². The highest BCUT2D eigenvalue weighted by molar-refractivity contribution is 6.31. The second-order valence-electron chi connectivity index (χ2n) is 7.42. The number of aliphatic hydroxyl groups is 1. The maximum Gasteiger partial charge on any atom is 0.145 e. The Morgan fingerprint density at radius 3 is 2.38 bits per heavy atom. The van der Waals surface area contributed by atoms with E-state index in [9.17, 15) is 5.11 Å². The zero-order valence-corrected chi connectivity index (χ0v) is 15.4. The predicted molar refractivity (Wildman–Crippen MR) is 106 cm³/mol. The number of hydrogen-bond donors (Lipinski definition) is 3. The summed E-state index contributed by atoms with van der Waals surface area (Å²) in [5.74, 6) is 0.922. The van der Waals surface area contributed by atoms with Crippen LogP contribution in [0.5, 0.6) is 0 Å². The molecular formula is C21H22N4O. The number of anilines is 1. The summed E-state index contributed by atoms with van der Waals surface area (Å²) in [6, 6.07) is 13.9. The van der Waals surface area contributed by atoms with E-state index in [4.69, 9.17) is 5.41 Å². The maximum absolute atomic E-state index is 11.0. The van der Waals surface area contributed by atoms with Crippen LogP contribution in [0.25, 0.3) is 16.6 Å². The number of amidine groups is 1. The van der Waals surface area contributed by atoms with Gasteiger partial charge in [-0.1, -0.05) is 18.2 Å². The third kappa shape index (κ3) is 2.31. The van der Waals surface area contributed by atoms with Crippen molar-refractivity contribution in [1.82, 2.24) is 9.97 Å². The number of H-pyrrole nitrogens is 1. The van der Waals surface area contributed by atoms with Crippen molar-refractivity contribution in [3.05, 3.63) is 65.2 Å². The van der Waals surface area contributed by atoms with Gasteiger partial charge in [0.2, 0.25) is 0 Å². The smallest absolute Gasteiger partial charge is 0.145 e.